The van der Waals surface area contributed by atoms with Crippen LogP contribution >= 0.6 is 0 Å². The largest absolute Gasteiger partial charge is 0.460 e. The Hall–Kier alpha value is -4.16. The van der Waals surface area contributed by atoms with E-state index in [1.165, 1.54) is 0 Å². The van der Waals surface area contributed by atoms with Gasteiger partial charge < -0.3 is 36.1 Å². The second kappa shape index (κ2) is 16.8. The van der Waals surface area contributed by atoms with Gasteiger partial charge in [0.15, 0.2) is 5.96 Å². The zero-order valence-electron chi connectivity index (χ0n) is 27.4. The normalized spacial score (nSPS) is 15.3. The quantitative estimate of drug-likeness (QED) is 0.123. The molecule has 0 spiro atoms. The van der Waals surface area contributed by atoms with Crippen LogP contribution in [0.25, 0.3) is 0 Å². The molecule has 2 atom stereocenters. The number of nitrogens with two attached hydrogens (primary N) is 1. The van der Waals surface area contributed by atoms with E-state index in [0.29, 0.717) is 25.4 Å². The summed E-state index contributed by atoms with van der Waals surface area (Å²) in [5.41, 5.74) is 4.66. The van der Waals surface area contributed by atoms with E-state index in [9.17, 15) is 24.0 Å². The molecular formula is C32H50N6O7. The minimum absolute atomic E-state index is 0.0485. The van der Waals surface area contributed by atoms with Gasteiger partial charge in [0.2, 0.25) is 17.7 Å². The van der Waals surface area contributed by atoms with Crippen molar-refractivity contribution in [1.29, 1.82) is 5.41 Å². The number of guanidine groups is 1. The van der Waals surface area contributed by atoms with Gasteiger partial charge in [-0.15, -0.1) is 0 Å². The lowest BCUT2D eigenvalue weighted by Crippen LogP contribution is -2.55. The Kier molecular flexibility index (Phi) is 13.8. The van der Waals surface area contributed by atoms with Gasteiger partial charge in [-0.3, -0.25) is 24.6 Å². The summed E-state index contributed by atoms with van der Waals surface area (Å²) >= 11 is 0. The number of rotatable bonds is 13. The van der Waals surface area contributed by atoms with Gasteiger partial charge in [0.25, 0.3) is 0 Å². The van der Waals surface area contributed by atoms with Crippen LogP contribution in [0, 0.1) is 11.3 Å². The van der Waals surface area contributed by atoms with Gasteiger partial charge >= 0.3 is 11.9 Å². The van der Waals surface area contributed by atoms with Gasteiger partial charge in [-0.2, -0.15) is 0 Å². The summed E-state index contributed by atoms with van der Waals surface area (Å²) < 4.78 is 10.9. The summed E-state index contributed by atoms with van der Waals surface area (Å²) in [5.74, 6) is -2.80. The van der Waals surface area contributed by atoms with Crippen LogP contribution in [0.2, 0.25) is 0 Å². The number of hydrogen-bond donors (Lipinski definition) is 5. The number of esters is 2. The highest BCUT2D eigenvalue weighted by Crippen LogP contribution is 2.21. The van der Waals surface area contributed by atoms with Gasteiger partial charge in [-0.1, -0.05) is 30.3 Å². The molecule has 1 aromatic carbocycles. The molecule has 0 aromatic heterocycles. The number of nitrogens with zero attached hydrogens (tertiary/aromatic N) is 1. The fourth-order valence-corrected chi connectivity index (χ4v) is 4.76. The van der Waals surface area contributed by atoms with E-state index >= 15 is 0 Å². The predicted molar refractivity (Wildman–Crippen MR) is 169 cm³/mol. The fraction of sp³-hybridized carbons (Fsp3) is 0.625. The average Bonchev–Trinajstić information content (AvgIpc) is 2.93. The average molecular weight is 631 g/mol. The van der Waals surface area contributed by atoms with E-state index in [1.807, 2.05) is 6.07 Å². The Balaban J connectivity index is 2.04. The maximum Gasteiger partial charge on any atom is 0.329 e. The molecule has 1 saturated heterocycles. The van der Waals surface area contributed by atoms with Crippen LogP contribution in [0.3, 0.4) is 0 Å². The lowest BCUT2D eigenvalue weighted by Gasteiger charge is -2.32. The van der Waals surface area contributed by atoms with E-state index in [4.69, 9.17) is 20.6 Å². The fourth-order valence-electron chi connectivity index (χ4n) is 4.76. The van der Waals surface area contributed by atoms with E-state index in [2.05, 4.69) is 16.0 Å². The van der Waals surface area contributed by atoms with Crippen molar-refractivity contribution >= 4 is 35.6 Å². The number of benzene rings is 1. The molecule has 0 unspecified atom stereocenters. The van der Waals surface area contributed by atoms with Crippen molar-refractivity contribution in [1.82, 2.24) is 20.9 Å². The second-order valence-electron chi connectivity index (χ2n) is 13.3. The van der Waals surface area contributed by atoms with Crippen LogP contribution in [-0.2, 0) is 39.9 Å². The smallest absolute Gasteiger partial charge is 0.329 e. The zero-order chi connectivity index (χ0) is 33.8. The van der Waals surface area contributed by atoms with E-state index in [1.54, 1.807) is 70.7 Å². The summed E-state index contributed by atoms with van der Waals surface area (Å²) in [6.07, 6.45) is 2.13. The minimum Gasteiger partial charge on any atom is -0.460 e. The number of carbonyl (C=O) groups excluding carboxylic acids is 5. The number of likely N-dealkylation sites (tertiary alicyclic amines) is 1. The second-order valence-corrected chi connectivity index (χ2v) is 13.3. The Labute approximate surface area is 265 Å². The molecular weight excluding hydrogens is 580 g/mol. The predicted octanol–water partition coefficient (Wildman–Crippen LogP) is 1.77. The van der Waals surface area contributed by atoms with Gasteiger partial charge in [0.1, 0.15) is 23.3 Å². The number of hydrogen-bond acceptors (Lipinski definition) is 8. The molecule has 250 valence electrons. The standard InChI is InChI=1S/C32H50N6O7/c1-31(2,3)44-27(41)19-23(28(42)37-24(29(43)45-32(4,5)6)18-22-10-8-7-9-11-22)36-26(40)20-35-25(39)13-12-21-14-16-38(17-15-21)30(33)34/h7-11,21,23-24H,12-20H2,1-6H3,(H3,33,34)(H,35,39)(H,36,40)(H,37,42)/t23-,24-/m0/s1. The maximum absolute atomic E-state index is 13.5. The Morgan fingerprint density at radius 1 is 0.911 bits per heavy atom. The molecule has 0 radical (unpaired) electrons. The van der Waals surface area contributed by atoms with Crippen LogP contribution in [-0.4, -0.2) is 83.4 Å². The number of carbonyl (C=O) groups is 5. The first kappa shape index (κ1) is 37.0. The molecule has 13 heteroatoms. The Bertz CT molecular complexity index is 1180. The van der Waals surface area contributed by atoms with E-state index in [0.717, 1.165) is 18.4 Å². The minimum atomic E-state index is -1.38. The van der Waals surface area contributed by atoms with Crippen molar-refractivity contribution in [2.45, 2.75) is 103 Å². The molecule has 0 bridgehead atoms. The third-order valence-corrected chi connectivity index (χ3v) is 6.91. The van der Waals surface area contributed by atoms with Gasteiger partial charge in [0, 0.05) is 25.9 Å². The number of amides is 3. The lowest BCUT2D eigenvalue weighted by atomic mass is 9.92. The van der Waals surface area contributed by atoms with Crippen LogP contribution < -0.4 is 21.7 Å². The summed E-state index contributed by atoms with van der Waals surface area (Å²) in [7, 11) is 0. The van der Waals surface area contributed by atoms with Crippen LogP contribution in [0.1, 0.15) is 79.2 Å². The van der Waals surface area contributed by atoms with Crippen molar-refractivity contribution in [3.8, 4) is 0 Å². The molecule has 45 heavy (non-hydrogen) atoms. The molecule has 0 saturated carbocycles. The highest BCUT2D eigenvalue weighted by atomic mass is 16.6. The van der Waals surface area contributed by atoms with Crippen LogP contribution in [0.4, 0.5) is 0 Å². The van der Waals surface area contributed by atoms with Crippen LogP contribution in [0.15, 0.2) is 30.3 Å². The first-order chi connectivity index (χ1) is 20.9. The van der Waals surface area contributed by atoms with Crippen LogP contribution in [0.5, 0.6) is 0 Å². The van der Waals surface area contributed by atoms with Crippen molar-refractivity contribution in [3.63, 3.8) is 0 Å². The Morgan fingerprint density at radius 2 is 1.51 bits per heavy atom. The summed E-state index contributed by atoms with van der Waals surface area (Å²) in [4.78, 5) is 66.3. The third kappa shape index (κ3) is 14.9. The first-order valence-electron chi connectivity index (χ1n) is 15.4. The molecule has 1 aliphatic heterocycles. The SMILES string of the molecule is CC(C)(C)OC(=O)C[C@H](NC(=O)CNC(=O)CCC1CCN(C(=N)N)CC1)C(=O)N[C@@H](Cc1ccccc1)C(=O)OC(C)(C)C. The van der Waals surface area contributed by atoms with Crippen molar-refractivity contribution in [3.05, 3.63) is 35.9 Å². The Morgan fingerprint density at radius 3 is 2.07 bits per heavy atom. The monoisotopic (exact) mass is 630 g/mol. The molecule has 2 rings (SSSR count). The molecule has 3 amide bonds. The summed E-state index contributed by atoms with van der Waals surface area (Å²) in [6, 6.07) is 6.58. The van der Waals surface area contributed by atoms with E-state index < -0.39 is 60.0 Å². The highest BCUT2D eigenvalue weighted by Gasteiger charge is 2.32. The molecule has 6 N–H and O–H groups in total. The van der Waals surface area contributed by atoms with Crippen molar-refractivity contribution in [2.75, 3.05) is 19.6 Å². The topological polar surface area (TPSA) is 193 Å². The molecule has 0 aliphatic carbocycles. The summed E-state index contributed by atoms with van der Waals surface area (Å²) in [5, 5.41) is 15.2. The third-order valence-electron chi connectivity index (χ3n) is 6.91. The summed E-state index contributed by atoms with van der Waals surface area (Å²) in [6.45, 7) is 11.1. The molecule has 13 nitrogen and oxygen atoms in total. The number of ether oxygens (including phenoxy) is 2. The molecule has 1 fully saturated rings. The van der Waals surface area contributed by atoms with Gasteiger partial charge in [-0.05, 0) is 72.3 Å². The lowest BCUT2D eigenvalue weighted by molar-refractivity contribution is -0.159. The molecule has 1 aliphatic rings. The molecule has 1 aromatic rings. The highest BCUT2D eigenvalue weighted by molar-refractivity contribution is 5.94. The van der Waals surface area contributed by atoms with E-state index in [-0.39, 0.29) is 24.7 Å². The zero-order valence-corrected chi connectivity index (χ0v) is 27.4. The number of piperidine rings is 1. The first-order valence-corrected chi connectivity index (χ1v) is 15.4. The van der Waals surface area contributed by atoms with Gasteiger partial charge in [0.05, 0.1) is 13.0 Å². The number of nitrogens with one attached hydrogen (secondary N) is 4. The molecule has 1 heterocycles. The maximum atomic E-state index is 13.5. The van der Waals surface area contributed by atoms with Crippen molar-refractivity contribution < 1.29 is 33.4 Å². The van der Waals surface area contributed by atoms with Crippen molar-refractivity contribution in [2.24, 2.45) is 11.7 Å². The van der Waals surface area contributed by atoms with Gasteiger partial charge in [-0.25, -0.2) is 4.79 Å².